The third kappa shape index (κ3) is 3.02. The van der Waals surface area contributed by atoms with E-state index >= 15 is 0 Å². The maximum absolute atomic E-state index is 12.7. The van der Waals surface area contributed by atoms with Crippen LogP contribution in [0, 0.1) is 27.7 Å². The van der Waals surface area contributed by atoms with Crippen LogP contribution < -0.4 is 5.32 Å². The lowest BCUT2D eigenvalue weighted by Gasteiger charge is -2.19. The second-order valence-electron chi connectivity index (χ2n) is 5.61. The van der Waals surface area contributed by atoms with Crippen LogP contribution in [0.2, 0.25) is 5.02 Å². The van der Waals surface area contributed by atoms with E-state index < -0.39 is 0 Å². The van der Waals surface area contributed by atoms with Gasteiger partial charge in [-0.3, -0.25) is 9.48 Å². The summed E-state index contributed by atoms with van der Waals surface area (Å²) in [6.45, 7) is 9.69. The molecule has 0 fully saturated rings. The number of anilines is 1. The Kier molecular flexibility index (Phi) is 4.91. The van der Waals surface area contributed by atoms with Gasteiger partial charge in [0.1, 0.15) is 6.04 Å². The van der Waals surface area contributed by atoms with Crippen LogP contribution >= 0.6 is 11.6 Å². The standard InChI is InChI=1S/C17H22ClN3O/c1-6-14(21-13(5)15(18)12(4)20-21)17(22)19-16-10(2)8-7-9-11(16)3/h7-9,14H,6H2,1-5H3,(H,19,22). The molecular formula is C17H22ClN3O. The summed E-state index contributed by atoms with van der Waals surface area (Å²) in [7, 11) is 0. The lowest BCUT2D eigenvalue weighted by molar-refractivity contribution is -0.119. The third-order valence-electron chi connectivity index (χ3n) is 3.95. The van der Waals surface area contributed by atoms with Crippen LogP contribution in [-0.4, -0.2) is 15.7 Å². The van der Waals surface area contributed by atoms with Gasteiger partial charge in [0.05, 0.1) is 16.4 Å². The molecule has 22 heavy (non-hydrogen) atoms. The summed E-state index contributed by atoms with van der Waals surface area (Å²) in [5.74, 6) is -0.0674. The number of aryl methyl sites for hydroxylation is 3. The molecule has 118 valence electrons. The number of hydrogen-bond acceptors (Lipinski definition) is 2. The van der Waals surface area contributed by atoms with E-state index in [1.807, 2.05) is 52.8 Å². The topological polar surface area (TPSA) is 46.9 Å². The van der Waals surface area contributed by atoms with E-state index in [4.69, 9.17) is 11.6 Å². The van der Waals surface area contributed by atoms with E-state index in [1.54, 1.807) is 4.68 Å². The van der Waals surface area contributed by atoms with Gasteiger partial charge in [0.15, 0.2) is 0 Å². The maximum Gasteiger partial charge on any atom is 0.249 e. The number of aromatic nitrogens is 2. The Morgan fingerprint density at radius 2 is 1.86 bits per heavy atom. The number of nitrogens with one attached hydrogen (secondary N) is 1. The summed E-state index contributed by atoms with van der Waals surface area (Å²) in [6.07, 6.45) is 0.648. The molecule has 1 atom stereocenters. The van der Waals surface area contributed by atoms with Crippen molar-refractivity contribution in [1.82, 2.24) is 9.78 Å². The maximum atomic E-state index is 12.7. The molecule has 1 aromatic heterocycles. The Labute approximate surface area is 136 Å². The predicted molar refractivity (Wildman–Crippen MR) is 90.6 cm³/mol. The predicted octanol–water partition coefficient (Wildman–Crippen LogP) is 4.36. The summed E-state index contributed by atoms with van der Waals surface area (Å²) in [5, 5.41) is 8.08. The normalized spacial score (nSPS) is 12.3. The molecular weight excluding hydrogens is 298 g/mol. The number of carbonyl (C=O) groups is 1. The molecule has 0 bridgehead atoms. The Hall–Kier alpha value is -1.81. The van der Waals surface area contributed by atoms with E-state index in [2.05, 4.69) is 10.4 Å². The van der Waals surface area contributed by atoms with Crippen LogP contribution in [0.3, 0.4) is 0 Å². The summed E-state index contributed by atoms with van der Waals surface area (Å²) < 4.78 is 1.72. The van der Waals surface area contributed by atoms with Crippen LogP contribution in [0.4, 0.5) is 5.69 Å². The molecule has 0 aliphatic rings. The molecule has 5 heteroatoms. The van der Waals surface area contributed by atoms with Crippen molar-refractivity contribution in [2.45, 2.75) is 47.1 Å². The first-order valence-corrected chi connectivity index (χ1v) is 7.82. The van der Waals surface area contributed by atoms with Gasteiger partial charge in [-0.25, -0.2) is 0 Å². The monoisotopic (exact) mass is 319 g/mol. The molecule has 1 amide bonds. The zero-order valence-corrected chi connectivity index (χ0v) is 14.5. The number of hydrogen-bond donors (Lipinski definition) is 1. The van der Waals surface area contributed by atoms with E-state index in [0.29, 0.717) is 11.4 Å². The van der Waals surface area contributed by atoms with Gasteiger partial charge in [0.25, 0.3) is 0 Å². The Bertz CT molecular complexity index is 686. The zero-order valence-electron chi connectivity index (χ0n) is 13.7. The lowest BCUT2D eigenvalue weighted by atomic mass is 10.1. The molecule has 1 N–H and O–H groups in total. The highest BCUT2D eigenvalue weighted by atomic mass is 35.5. The van der Waals surface area contributed by atoms with Crippen LogP contribution in [0.5, 0.6) is 0 Å². The largest absolute Gasteiger partial charge is 0.324 e. The molecule has 1 heterocycles. The number of nitrogens with zero attached hydrogens (tertiary/aromatic N) is 2. The van der Waals surface area contributed by atoms with Gasteiger partial charge in [-0.1, -0.05) is 36.7 Å². The molecule has 0 saturated heterocycles. The summed E-state index contributed by atoms with van der Waals surface area (Å²) in [4.78, 5) is 12.7. The fourth-order valence-corrected chi connectivity index (χ4v) is 2.76. The van der Waals surface area contributed by atoms with Crippen LogP contribution in [0.15, 0.2) is 18.2 Å². The average molecular weight is 320 g/mol. The second kappa shape index (κ2) is 6.53. The molecule has 2 rings (SSSR count). The van der Waals surface area contributed by atoms with Gasteiger partial charge in [-0.05, 0) is 45.2 Å². The molecule has 1 aromatic carbocycles. The first-order chi connectivity index (χ1) is 10.4. The quantitative estimate of drug-likeness (QED) is 0.910. The van der Waals surface area contributed by atoms with Crippen LogP contribution in [0.25, 0.3) is 0 Å². The van der Waals surface area contributed by atoms with Gasteiger partial charge in [0.2, 0.25) is 5.91 Å². The number of halogens is 1. The number of carbonyl (C=O) groups excluding carboxylic acids is 1. The Balaban J connectivity index is 2.32. The molecule has 4 nitrogen and oxygen atoms in total. The second-order valence-corrected chi connectivity index (χ2v) is 5.99. The highest BCUT2D eigenvalue weighted by molar-refractivity contribution is 6.31. The van der Waals surface area contributed by atoms with Crippen LogP contribution in [0.1, 0.15) is 41.9 Å². The summed E-state index contributed by atoms with van der Waals surface area (Å²) in [6, 6.07) is 5.59. The number of rotatable bonds is 4. The van der Waals surface area contributed by atoms with E-state index in [0.717, 1.165) is 28.2 Å². The average Bonchev–Trinajstić information content (AvgIpc) is 2.72. The fourth-order valence-electron chi connectivity index (χ4n) is 2.63. The fraction of sp³-hybridized carbons (Fsp3) is 0.412. The van der Waals surface area contributed by atoms with Crippen molar-refractivity contribution >= 4 is 23.2 Å². The van der Waals surface area contributed by atoms with Crippen molar-refractivity contribution in [3.05, 3.63) is 45.7 Å². The highest BCUT2D eigenvalue weighted by Gasteiger charge is 2.24. The molecule has 0 aliphatic carbocycles. The van der Waals surface area contributed by atoms with E-state index in [9.17, 15) is 4.79 Å². The lowest BCUT2D eigenvalue weighted by Crippen LogP contribution is -2.27. The molecule has 2 aromatic rings. The number of para-hydroxylation sites is 1. The third-order valence-corrected chi connectivity index (χ3v) is 4.50. The minimum absolute atomic E-state index is 0.0674. The van der Waals surface area contributed by atoms with Crippen LogP contribution in [-0.2, 0) is 4.79 Å². The number of benzene rings is 1. The minimum atomic E-state index is -0.370. The van der Waals surface area contributed by atoms with Crippen molar-refractivity contribution < 1.29 is 4.79 Å². The smallest absolute Gasteiger partial charge is 0.249 e. The van der Waals surface area contributed by atoms with E-state index in [-0.39, 0.29) is 11.9 Å². The zero-order chi connectivity index (χ0) is 16.4. The number of amides is 1. The molecule has 0 aliphatic heterocycles. The first kappa shape index (κ1) is 16.6. The SMILES string of the molecule is CCC(C(=O)Nc1c(C)cccc1C)n1nc(C)c(Cl)c1C. The van der Waals surface area contributed by atoms with Gasteiger partial charge in [-0.2, -0.15) is 5.10 Å². The summed E-state index contributed by atoms with van der Waals surface area (Å²) in [5.41, 5.74) is 4.54. The molecule has 0 saturated carbocycles. The van der Waals surface area contributed by atoms with Crippen molar-refractivity contribution in [3.8, 4) is 0 Å². The Morgan fingerprint density at radius 3 is 2.32 bits per heavy atom. The molecule has 0 radical (unpaired) electrons. The summed E-state index contributed by atoms with van der Waals surface area (Å²) >= 11 is 6.20. The highest BCUT2D eigenvalue weighted by Crippen LogP contribution is 2.26. The van der Waals surface area contributed by atoms with E-state index in [1.165, 1.54) is 0 Å². The van der Waals surface area contributed by atoms with Gasteiger partial charge < -0.3 is 5.32 Å². The van der Waals surface area contributed by atoms with Crippen molar-refractivity contribution in [2.24, 2.45) is 0 Å². The van der Waals surface area contributed by atoms with Gasteiger partial charge in [0, 0.05) is 5.69 Å². The van der Waals surface area contributed by atoms with Gasteiger partial charge >= 0.3 is 0 Å². The van der Waals surface area contributed by atoms with Crippen molar-refractivity contribution in [1.29, 1.82) is 0 Å². The minimum Gasteiger partial charge on any atom is -0.324 e. The Morgan fingerprint density at radius 1 is 1.27 bits per heavy atom. The molecule has 1 unspecified atom stereocenters. The van der Waals surface area contributed by atoms with Crippen molar-refractivity contribution in [2.75, 3.05) is 5.32 Å². The molecule has 0 spiro atoms. The van der Waals surface area contributed by atoms with Gasteiger partial charge in [-0.15, -0.1) is 0 Å². The van der Waals surface area contributed by atoms with Crippen molar-refractivity contribution in [3.63, 3.8) is 0 Å². The first-order valence-electron chi connectivity index (χ1n) is 7.45.